The monoisotopic (exact) mass is 451 g/mol. The molecule has 7 nitrogen and oxygen atoms in total. The van der Waals surface area contributed by atoms with Crippen LogP contribution in [0.3, 0.4) is 0 Å². The number of aromatic nitrogens is 2. The van der Waals surface area contributed by atoms with Crippen LogP contribution in [0.2, 0.25) is 0 Å². The van der Waals surface area contributed by atoms with Crippen molar-refractivity contribution >= 4 is 18.0 Å². The minimum atomic E-state index is -0.426. The predicted octanol–water partition coefficient (Wildman–Crippen LogP) is 4.04. The van der Waals surface area contributed by atoms with E-state index in [-0.39, 0.29) is 12.5 Å². The molecule has 34 heavy (non-hydrogen) atoms. The van der Waals surface area contributed by atoms with Crippen molar-refractivity contribution < 1.29 is 9.59 Å². The lowest BCUT2D eigenvalue weighted by molar-refractivity contribution is -0.120. The summed E-state index contributed by atoms with van der Waals surface area (Å²) in [5.41, 5.74) is 8.45. The lowest BCUT2D eigenvalue weighted by Crippen LogP contribution is -2.34. The summed E-state index contributed by atoms with van der Waals surface area (Å²) in [6, 6.07) is 25.0. The molecule has 1 aromatic heterocycles. The van der Waals surface area contributed by atoms with Crippen LogP contribution in [0.5, 0.6) is 0 Å². The highest BCUT2D eigenvalue weighted by Gasteiger charge is 2.12. The lowest BCUT2D eigenvalue weighted by Gasteiger charge is -2.05. The van der Waals surface area contributed by atoms with E-state index in [9.17, 15) is 9.59 Å². The van der Waals surface area contributed by atoms with E-state index in [0.717, 1.165) is 33.6 Å². The van der Waals surface area contributed by atoms with Gasteiger partial charge >= 0.3 is 0 Å². The van der Waals surface area contributed by atoms with E-state index >= 15 is 0 Å². The number of carbonyl (C=O) groups excluding carboxylic acids is 2. The highest BCUT2D eigenvalue weighted by molar-refractivity contribution is 5.96. The molecule has 0 saturated carbocycles. The predicted molar refractivity (Wildman–Crippen MR) is 133 cm³/mol. The van der Waals surface area contributed by atoms with Gasteiger partial charge in [-0.2, -0.15) is 10.2 Å². The molecule has 170 valence electrons. The van der Waals surface area contributed by atoms with Crippen molar-refractivity contribution in [2.45, 2.75) is 13.8 Å². The van der Waals surface area contributed by atoms with E-state index in [4.69, 9.17) is 5.10 Å². The van der Waals surface area contributed by atoms with Crippen LogP contribution in [-0.4, -0.2) is 34.4 Å². The fourth-order valence-corrected chi connectivity index (χ4v) is 3.39. The quantitative estimate of drug-likeness (QED) is 0.328. The molecule has 7 heteroatoms. The summed E-state index contributed by atoms with van der Waals surface area (Å²) in [6.45, 7) is 3.75. The van der Waals surface area contributed by atoms with Crippen LogP contribution >= 0.6 is 0 Å². The number of rotatable bonds is 7. The van der Waals surface area contributed by atoms with E-state index in [2.05, 4.69) is 15.8 Å². The lowest BCUT2D eigenvalue weighted by atomic mass is 10.1. The standard InChI is InChI=1S/C27H25N5O2/c1-19-11-13-21(14-12-19)26-23(18-32(31-26)24-9-4-3-5-10-24)16-29-30-25(33)17-28-27(34)22-8-6-7-20(2)15-22/h3-16,18H,17H2,1-2H3,(H,28,34)(H,30,33). The maximum atomic E-state index is 12.2. The number of para-hydroxylation sites is 1. The summed E-state index contributed by atoms with van der Waals surface area (Å²) in [4.78, 5) is 24.4. The third-order valence-corrected chi connectivity index (χ3v) is 5.17. The maximum absolute atomic E-state index is 12.2. The fraction of sp³-hybridized carbons (Fsp3) is 0.111. The zero-order chi connectivity index (χ0) is 23.9. The molecule has 0 spiro atoms. The summed E-state index contributed by atoms with van der Waals surface area (Å²) in [6.07, 6.45) is 3.42. The van der Waals surface area contributed by atoms with Crippen LogP contribution < -0.4 is 10.7 Å². The van der Waals surface area contributed by atoms with Crippen molar-refractivity contribution in [3.05, 3.63) is 107 Å². The summed E-state index contributed by atoms with van der Waals surface area (Å²) >= 11 is 0. The van der Waals surface area contributed by atoms with Crippen LogP contribution in [0.15, 0.2) is 90.2 Å². The minimum Gasteiger partial charge on any atom is -0.343 e. The van der Waals surface area contributed by atoms with E-state index in [0.29, 0.717) is 5.56 Å². The molecule has 0 unspecified atom stereocenters. The molecule has 3 aromatic carbocycles. The number of nitrogens with one attached hydrogen (secondary N) is 2. The number of benzene rings is 3. The second-order valence-electron chi connectivity index (χ2n) is 7.92. The van der Waals surface area contributed by atoms with Crippen molar-refractivity contribution in [3.8, 4) is 16.9 Å². The van der Waals surface area contributed by atoms with Gasteiger partial charge in [0.2, 0.25) is 0 Å². The molecular formula is C27H25N5O2. The van der Waals surface area contributed by atoms with Gasteiger partial charge in [-0.15, -0.1) is 0 Å². The minimum absolute atomic E-state index is 0.182. The van der Waals surface area contributed by atoms with Crippen LogP contribution in [0.1, 0.15) is 27.0 Å². The van der Waals surface area contributed by atoms with Crippen LogP contribution in [-0.2, 0) is 4.79 Å². The Kier molecular flexibility index (Phi) is 6.93. The van der Waals surface area contributed by atoms with Gasteiger partial charge in [0, 0.05) is 22.9 Å². The molecule has 2 amide bonds. The van der Waals surface area contributed by atoms with Crippen molar-refractivity contribution in [3.63, 3.8) is 0 Å². The van der Waals surface area contributed by atoms with Gasteiger partial charge in [0.05, 0.1) is 18.4 Å². The molecule has 0 atom stereocenters. The summed E-state index contributed by atoms with van der Waals surface area (Å²) < 4.78 is 1.78. The molecule has 0 aliphatic heterocycles. The molecule has 0 aliphatic rings. The van der Waals surface area contributed by atoms with Crippen molar-refractivity contribution in [2.24, 2.45) is 5.10 Å². The Bertz CT molecular complexity index is 1320. The summed E-state index contributed by atoms with van der Waals surface area (Å²) in [5, 5.41) is 11.4. The Morgan fingerprint density at radius 2 is 1.71 bits per heavy atom. The first-order chi connectivity index (χ1) is 16.5. The topological polar surface area (TPSA) is 88.4 Å². The Morgan fingerprint density at radius 3 is 2.44 bits per heavy atom. The Labute approximate surface area is 198 Å². The molecule has 4 aromatic rings. The van der Waals surface area contributed by atoms with Gasteiger partial charge in [0.15, 0.2) is 0 Å². The number of amides is 2. The molecule has 0 bridgehead atoms. The van der Waals surface area contributed by atoms with Crippen LogP contribution in [0, 0.1) is 13.8 Å². The SMILES string of the molecule is Cc1ccc(-c2nn(-c3ccccc3)cc2C=NNC(=O)CNC(=O)c2cccc(C)c2)cc1. The van der Waals surface area contributed by atoms with Crippen LogP contribution in [0.25, 0.3) is 16.9 Å². The number of carbonyl (C=O) groups is 2. The molecule has 0 fully saturated rings. The van der Waals surface area contributed by atoms with E-state index < -0.39 is 5.91 Å². The summed E-state index contributed by atoms with van der Waals surface area (Å²) in [7, 11) is 0. The first-order valence-corrected chi connectivity index (χ1v) is 10.9. The number of hydrogen-bond donors (Lipinski definition) is 2. The van der Waals surface area contributed by atoms with Crippen LogP contribution in [0.4, 0.5) is 0 Å². The van der Waals surface area contributed by atoms with Crippen molar-refractivity contribution in [2.75, 3.05) is 6.54 Å². The van der Waals surface area contributed by atoms with Gasteiger partial charge in [-0.3, -0.25) is 9.59 Å². The number of hydrazone groups is 1. The molecular weight excluding hydrogens is 426 g/mol. The fourth-order valence-electron chi connectivity index (χ4n) is 3.39. The highest BCUT2D eigenvalue weighted by Crippen LogP contribution is 2.23. The Hall–Kier alpha value is -4.52. The molecule has 4 rings (SSSR count). The second kappa shape index (κ2) is 10.4. The average molecular weight is 452 g/mol. The third kappa shape index (κ3) is 5.63. The van der Waals surface area contributed by atoms with Gasteiger partial charge in [-0.1, -0.05) is 65.7 Å². The van der Waals surface area contributed by atoms with Gasteiger partial charge in [0.1, 0.15) is 5.69 Å². The Morgan fingerprint density at radius 1 is 0.941 bits per heavy atom. The van der Waals surface area contributed by atoms with E-state index in [1.807, 2.05) is 80.7 Å². The van der Waals surface area contributed by atoms with E-state index in [1.165, 1.54) is 0 Å². The molecule has 0 saturated heterocycles. The average Bonchev–Trinajstić information content (AvgIpc) is 3.27. The van der Waals surface area contributed by atoms with Gasteiger partial charge in [0.25, 0.3) is 11.8 Å². The first-order valence-electron chi connectivity index (χ1n) is 10.9. The van der Waals surface area contributed by atoms with Crippen molar-refractivity contribution in [1.29, 1.82) is 0 Å². The summed E-state index contributed by atoms with van der Waals surface area (Å²) in [5.74, 6) is -0.738. The number of aryl methyl sites for hydroxylation is 2. The third-order valence-electron chi connectivity index (χ3n) is 5.17. The molecule has 2 N–H and O–H groups in total. The smallest absolute Gasteiger partial charge is 0.259 e. The zero-order valence-corrected chi connectivity index (χ0v) is 19.0. The molecule has 0 aliphatic carbocycles. The highest BCUT2D eigenvalue weighted by atomic mass is 16.2. The Balaban J connectivity index is 1.46. The van der Waals surface area contributed by atoms with Gasteiger partial charge < -0.3 is 5.32 Å². The number of hydrogen-bond acceptors (Lipinski definition) is 4. The second-order valence-corrected chi connectivity index (χ2v) is 7.92. The molecule has 1 heterocycles. The van der Waals surface area contributed by atoms with Gasteiger partial charge in [-0.25, -0.2) is 10.1 Å². The first kappa shape index (κ1) is 22.7. The largest absolute Gasteiger partial charge is 0.343 e. The zero-order valence-electron chi connectivity index (χ0n) is 19.0. The number of nitrogens with zero attached hydrogens (tertiary/aromatic N) is 3. The maximum Gasteiger partial charge on any atom is 0.259 e. The van der Waals surface area contributed by atoms with E-state index in [1.54, 1.807) is 29.1 Å². The molecule has 0 radical (unpaired) electrons. The van der Waals surface area contributed by atoms with Gasteiger partial charge in [-0.05, 0) is 38.1 Å². The van der Waals surface area contributed by atoms with Crippen molar-refractivity contribution in [1.82, 2.24) is 20.5 Å². The normalized spacial score (nSPS) is 10.9.